The first kappa shape index (κ1) is 17.8. The molecule has 1 aromatic carbocycles. The van der Waals surface area contributed by atoms with Crippen molar-refractivity contribution in [1.29, 1.82) is 0 Å². The largest absolute Gasteiger partial charge is 0.329 e. The van der Waals surface area contributed by atoms with Crippen LogP contribution in [0.3, 0.4) is 0 Å². The maximum absolute atomic E-state index is 13.5. The number of nitrogens with zero attached hydrogens (tertiary/aromatic N) is 2. The van der Waals surface area contributed by atoms with E-state index >= 15 is 0 Å². The molecule has 1 N–H and O–H groups in total. The summed E-state index contributed by atoms with van der Waals surface area (Å²) in [6.07, 6.45) is 10.6. The van der Waals surface area contributed by atoms with Crippen LogP contribution in [0.15, 0.2) is 46.7 Å². The fraction of sp³-hybridized carbons (Fsp3) is 0.524. The summed E-state index contributed by atoms with van der Waals surface area (Å²) in [6, 6.07) is 8.07. The molecule has 0 spiro atoms. The van der Waals surface area contributed by atoms with Gasteiger partial charge in [-0.2, -0.15) is 0 Å². The van der Waals surface area contributed by atoms with Gasteiger partial charge in [0.15, 0.2) is 5.16 Å². The van der Waals surface area contributed by atoms with Crippen LogP contribution >= 0.6 is 27.7 Å². The fourth-order valence-corrected chi connectivity index (χ4v) is 8.22. The highest BCUT2D eigenvalue weighted by Crippen LogP contribution is 2.64. The summed E-state index contributed by atoms with van der Waals surface area (Å²) in [6.45, 7) is 0. The number of carbonyl (C=O) groups excluding carboxylic acids is 1. The number of alkyl halides is 1. The molecule has 0 aliphatic heterocycles. The van der Waals surface area contributed by atoms with Crippen molar-refractivity contribution < 1.29 is 4.79 Å². The van der Waals surface area contributed by atoms with Crippen molar-refractivity contribution in [3.8, 4) is 0 Å². The Bertz CT molecular complexity index is 881. The Morgan fingerprint density at radius 1 is 1.26 bits per heavy atom. The zero-order valence-electron chi connectivity index (χ0n) is 15.5. The standard InChI is InChI=1S/C21H24BrN3OS/c1-25-7-6-23-19(25)27-17-5-3-2-4-16(17)24-18(26)20-9-14-8-15(10-20)12-21(22,11-14)13-20/h2-7,14-15H,8-13H2,1H3,(H,24,26)/t14-,15-,20?,21?/m1/s1. The highest BCUT2D eigenvalue weighted by atomic mass is 79.9. The van der Waals surface area contributed by atoms with Gasteiger partial charge in [-0.1, -0.05) is 28.1 Å². The molecular weight excluding hydrogens is 422 g/mol. The monoisotopic (exact) mass is 445 g/mol. The molecule has 2 aromatic rings. The second-order valence-electron chi connectivity index (χ2n) is 8.77. The number of amides is 1. The fourth-order valence-electron chi connectivity index (χ4n) is 5.88. The third-order valence-corrected chi connectivity index (χ3v) is 8.66. The maximum atomic E-state index is 13.5. The van der Waals surface area contributed by atoms with Gasteiger partial charge in [-0.25, -0.2) is 4.98 Å². The molecular formula is C21H24BrN3OS. The van der Waals surface area contributed by atoms with E-state index in [1.807, 2.05) is 36.0 Å². The maximum Gasteiger partial charge on any atom is 0.230 e. The number of aryl methyl sites for hydroxylation is 1. The van der Waals surface area contributed by atoms with Gasteiger partial charge in [0.25, 0.3) is 0 Å². The van der Waals surface area contributed by atoms with Crippen molar-refractivity contribution >= 4 is 39.3 Å². The quantitative estimate of drug-likeness (QED) is 0.654. The summed E-state index contributed by atoms with van der Waals surface area (Å²) < 4.78 is 2.19. The molecule has 6 rings (SSSR count). The highest BCUT2D eigenvalue weighted by Gasteiger charge is 2.59. The number of carbonyl (C=O) groups is 1. The van der Waals surface area contributed by atoms with E-state index in [9.17, 15) is 4.79 Å². The van der Waals surface area contributed by atoms with Gasteiger partial charge in [-0.05, 0) is 74.3 Å². The number of rotatable bonds is 4. The van der Waals surface area contributed by atoms with Gasteiger partial charge in [0, 0.05) is 28.7 Å². The third kappa shape index (κ3) is 3.15. The predicted molar refractivity (Wildman–Crippen MR) is 111 cm³/mol. The number of halogens is 1. The summed E-state index contributed by atoms with van der Waals surface area (Å²) in [5, 5.41) is 4.22. The highest BCUT2D eigenvalue weighted by molar-refractivity contribution is 9.10. The van der Waals surface area contributed by atoms with E-state index in [1.54, 1.807) is 18.0 Å². The number of anilines is 1. The second-order valence-corrected chi connectivity index (χ2v) is 11.5. The predicted octanol–water partition coefficient (Wildman–Crippen LogP) is 5.24. The minimum Gasteiger partial charge on any atom is -0.329 e. The van der Waals surface area contributed by atoms with Gasteiger partial charge in [0.05, 0.1) is 11.1 Å². The number of benzene rings is 1. The van der Waals surface area contributed by atoms with Crippen molar-refractivity contribution in [3.63, 3.8) is 0 Å². The Kier molecular flexibility index (Phi) is 4.20. The van der Waals surface area contributed by atoms with E-state index in [-0.39, 0.29) is 15.6 Å². The van der Waals surface area contributed by atoms with Crippen LogP contribution in [-0.2, 0) is 11.8 Å². The van der Waals surface area contributed by atoms with Gasteiger partial charge in [0.2, 0.25) is 5.91 Å². The molecule has 27 heavy (non-hydrogen) atoms. The van der Waals surface area contributed by atoms with Gasteiger partial charge in [-0.15, -0.1) is 0 Å². The topological polar surface area (TPSA) is 46.9 Å². The molecule has 6 heteroatoms. The Labute approximate surface area is 172 Å². The van der Waals surface area contributed by atoms with E-state index in [2.05, 4.69) is 32.3 Å². The van der Waals surface area contributed by atoms with Gasteiger partial charge < -0.3 is 9.88 Å². The van der Waals surface area contributed by atoms with Crippen LogP contribution in [0.2, 0.25) is 0 Å². The van der Waals surface area contributed by atoms with Crippen molar-refractivity contribution in [1.82, 2.24) is 9.55 Å². The lowest BCUT2D eigenvalue weighted by atomic mass is 9.49. The second kappa shape index (κ2) is 6.38. The number of hydrogen-bond acceptors (Lipinski definition) is 3. The van der Waals surface area contributed by atoms with Crippen molar-refractivity contribution in [2.75, 3.05) is 5.32 Å². The molecule has 4 nitrogen and oxygen atoms in total. The molecule has 142 valence electrons. The van der Waals surface area contributed by atoms with Crippen LogP contribution in [0.25, 0.3) is 0 Å². The molecule has 1 amide bonds. The molecule has 4 aliphatic rings. The van der Waals surface area contributed by atoms with E-state index in [0.29, 0.717) is 11.8 Å². The Morgan fingerprint density at radius 3 is 2.67 bits per heavy atom. The van der Waals surface area contributed by atoms with E-state index in [0.717, 1.165) is 35.0 Å². The summed E-state index contributed by atoms with van der Waals surface area (Å²) in [4.78, 5) is 18.9. The normalized spacial score (nSPS) is 34.0. The molecule has 0 unspecified atom stereocenters. The molecule has 4 aliphatic carbocycles. The van der Waals surface area contributed by atoms with Crippen molar-refractivity contribution in [2.24, 2.45) is 24.3 Å². The summed E-state index contributed by atoms with van der Waals surface area (Å²) in [7, 11) is 1.99. The molecule has 4 saturated carbocycles. The Hall–Kier alpha value is -1.27. The third-order valence-electron chi connectivity index (χ3n) is 6.58. The first-order valence-electron chi connectivity index (χ1n) is 9.69. The lowest BCUT2D eigenvalue weighted by Crippen LogP contribution is -2.57. The zero-order valence-corrected chi connectivity index (χ0v) is 17.9. The van der Waals surface area contributed by atoms with Crippen LogP contribution in [0.1, 0.15) is 38.5 Å². The number of hydrogen-bond donors (Lipinski definition) is 1. The first-order valence-corrected chi connectivity index (χ1v) is 11.3. The van der Waals surface area contributed by atoms with Crippen molar-refractivity contribution in [2.45, 2.75) is 52.9 Å². The lowest BCUT2D eigenvalue weighted by molar-refractivity contribution is -0.138. The lowest BCUT2D eigenvalue weighted by Gasteiger charge is -2.59. The molecule has 0 saturated heterocycles. The van der Waals surface area contributed by atoms with E-state index in [1.165, 1.54) is 19.3 Å². The molecule has 0 radical (unpaired) electrons. The van der Waals surface area contributed by atoms with Crippen LogP contribution < -0.4 is 5.32 Å². The van der Waals surface area contributed by atoms with E-state index in [4.69, 9.17) is 0 Å². The average Bonchev–Trinajstić information content (AvgIpc) is 2.99. The molecule has 1 heterocycles. The average molecular weight is 446 g/mol. The molecule has 1 aromatic heterocycles. The molecule has 4 fully saturated rings. The minimum atomic E-state index is -0.200. The number of para-hydroxylation sites is 1. The van der Waals surface area contributed by atoms with E-state index < -0.39 is 0 Å². The van der Waals surface area contributed by atoms with Crippen LogP contribution in [0.4, 0.5) is 5.69 Å². The van der Waals surface area contributed by atoms with Crippen LogP contribution in [0, 0.1) is 17.3 Å². The van der Waals surface area contributed by atoms with Crippen LogP contribution in [0.5, 0.6) is 0 Å². The summed E-state index contributed by atoms with van der Waals surface area (Å²) in [5.41, 5.74) is 0.698. The Balaban J connectivity index is 1.40. The van der Waals surface area contributed by atoms with Gasteiger partial charge in [-0.3, -0.25) is 4.79 Å². The number of aromatic nitrogens is 2. The summed E-state index contributed by atoms with van der Waals surface area (Å²) in [5.74, 6) is 1.62. The van der Waals surface area contributed by atoms with Gasteiger partial charge in [0.1, 0.15) is 0 Å². The molecule has 4 bridgehead atoms. The van der Waals surface area contributed by atoms with Crippen LogP contribution in [-0.4, -0.2) is 19.8 Å². The SMILES string of the molecule is Cn1ccnc1Sc1ccccc1NC(=O)C12C[C@H]3C[C@@H](CC(Br)(C3)C1)C2. The van der Waals surface area contributed by atoms with Gasteiger partial charge >= 0.3 is 0 Å². The van der Waals surface area contributed by atoms with Crippen molar-refractivity contribution in [3.05, 3.63) is 36.7 Å². The zero-order chi connectivity index (χ0) is 18.6. The minimum absolute atomic E-state index is 0.190. The molecule has 2 atom stereocenters. The number of nitrogens with one attached hydrogen (secondary N) is 1. The smallest absolute Gasteiger partial charge is 0.230 e. The Morgan fingerprint density at radius 2 is 2.00 bits per heavy atom. The summed E-state index contributed by atoms with van der Waals surface area (Å²) >= 11 is 5.61. The number of imidazole rings is 1. The first-order chi connectivity index (χ1) is 12.9.